The number of hydrogen-bond donors (Lipinski definition) is 1. The van der Waals surface area contributed by atoms with Gasteiger partial charge in [0.1, 0.15) is 5.75 Å². The number of hydrogen-bond acceptors (Lipinski definition) is 3. The molecule has 2 fully saturated rings. The van der Waals surface area contributed by atoms with Gasteiger partial charge in [-0.3, -0.25) is 0 Å². The highest BCUT2D eigenvalue weighted by Crippen LogP contribution is 2.43. The SMILES string of the molecule is COc1ccc(C)cc1N1CC(C)(C2CC2)NCC1C. The lowest BCUT2D eigenvalue weighted by molar-refractivity contribution is 0.259. The molecular weight excluding hydrogens is 248 g/mol. The van der Waals surface area contributed by atoms with Gasteiger partial charge in [-0.05, 0) is 57.2 Å². The van der Waals surface area contributed by atoms with E-state index in [-0.39, 0.29) is 5.54 Å². The Balaban J connectivity index is 1.92. The molecule has 1 saturated carbocycles. The molecule has 20 heavy (non-hydrogen) atoms. The summed E-state index contributed by atoms with van der Waals surface area (Å²) in [4.78, 5) is 2.53. The molecule has 3 nitrogen and oxygen atoms in total. The molecule has 0 aromatic heterocycles. The van der Waals surface area contributed by atoms with Gasteiger partial charge in [0.15, 0.2) is 0 Å². The number of nitrogens with one attached hydrogen (secondary N) is 1. The van der Waals surface area contributed by atoms with Crippen molar-refractivity contribution in [1.29, 1.82) is 0 Å². The van der Waals surface area contributed by atoms with Gasteiger partial charge in [0.05, 0.1) is 12.8 Å². The van der Waals surface area contributed by atoms with Crippen LogP contribution in [0.3, 0.4) is 0 Å². The van der Waals surface area contributed by atoms with Gasteiger partial charge >= 0.3 is 0 Å². The summed E-state index contributed by atoms with van der Waals surface area (Å²) in [6, 6.07) is 6.97. The maximum absolute atomic E-state index is 5.58. The second-order valence-corrected chi connectivity index (χ2v) is 6.72. The van der Waals surface area contributed by atoms with Crippen molar-refractivity contribution in [2.24, 2.45) is 5.92 Å². The molecule has 2 unspecified atom stereocenters. The van der Waals surface area contributed by atoms with Crippen LogP contribution in [0.2, 0.25) is 0 Å². The third-order valence-electron chi connectivity index (χ3n) is 4.95. The molecule has 2 atom stereocenters. The lowest BCUT2D eigenvalue weighted by Gasteiger charge is -2.47. The van der Waals surface area contributed by atoms with Gasteiger partial charge in [0.25, 0.3) is 0 Å². The summed E-state index contributed by atoms with van der Waals surface area (Å²) >= 11 is 0. The Hall–Kier alpha value is -1.22. The van der Waals surface area contributed by atoms with Gasteiger partial charge in [-0.25, -0.2) is 0 Å². The van der Waals surface area contributed by atoms with E-state index in [1.165, 1.54) is 24.1 Å². The number of nitrogens with zero attached hydrogens (tertiary/aromatic N) is 1. The van der Waals surface area contributed by atoms with Crippen LogP contribution in [0.1, 0.15) is 32.3 Å². The first kappa shape index (κ1) is 13.7. The fourth-order valence-corrected chi connectivity index (χ4v) is 3.40. The summed E-state index contributed by atoms with van der Waals surface area (Å²) in [5.74, 6) is 1.83. The predicted molar refractivity (Wildman–Crippen MR) is 83.7 cm³/mol. The van der Waals surface area contributed by atoms with Crippen LogP contribution in [-0.2, 0) is 0 Å². The van der Waals surface area contributed by atoms with Gasteiger partial charge in [0.2, 0.25) is 0 Å². The lowest BCUT2D eigenvalue weighted by Crippen LogP contribution is -2.63. The predicted octanol–water partition coefficient (Wildman–Crippen LogP) is 2.97. The zero-order valence-electron chi connectivity index (χ0n) is 13.1. The second kappa shape index (κ2) is 4.96. The lowest BCUT2D eigenvalue weighted by atomic mass is 9.90. The fourth-order valence-electron chi connectivity index (χ4n) is 3.40. The molecule has 3 heteroatoms. The average Bonchev–Trinajstić information content (AvgIpc) is 3.26. The van der Waals surface area contributed by atoms with Crippen LogP contribution in [-0.4, -0.2) is 31.8 Å². The number of anilines is 1. The Morgan fingerprint density at radius 3 is 2.75 bits per heavy atom. The summed E-state index contributed by atoms with van der Waals surface area (Å²) in [5, 5.41) is 3.78. The molecule has 1 heterocycles. The third-order valence-corrected chi connectivity index (χ3v) is 4.95. The monoisotopic (exact) mass is 274 g/mol. The highest BCUT2D eigenvalue weighted by atomic mass is 16.5. The second-order valence-electron chi connectivity index (χ2n) is 6.72. The Bertz CT molecular complexity index is 498. The number of methoxy groups -OCH3 is 1. The largest absolute Gasteiger partial charge is 0.495 e. The summed E-state index contributed by atoms with van der Waals surface area (Å²) < 4.78 is 5.58. The van der Waals surface area contributed by atoms with E-state index in [0.29, 0.717) is 6.04 Å². The van der Waals surface area contributed by atoms with E-state index in [1.54, 1.807) is 7.11 Å². The molecule has 3 rings (SSSR count). The van der Waals surface area contributed by atoms with Crippen molar-refractivity contribution in [2.45, 2.75) is 45.2 Å². The smallest absolute Gasteiger partial charge is 0.142 e. The van der Waals surface area contributed by atoms with Crippen LogP contribution < -0.4 is 15.0 Å². The maximum Gasteiger partial charge on any atom is 0.142 e. The number of piperazine rings is 1. The molecule has 1 saturated heterocycles. The van der Waals surface area contributed by atoms with Crippen molar-refractivity contribution in [3.05, 3.63) is 23.8 Å². The summed E-state index contributed by atoms with van der Waals surface area (Å²) in [6.07, 6.45) is 2.74. The van der Waals surface area contributed by atoms with E-state index in [9.17, 15) is 0 Å². The molecule has 1 aliphatic heterocycles. The molecule has 1 aromatic rings. The van der Waals surface area contributed by atoms with E-state index in [4.69, 9.17) is 4.74 Å². The highest BCUT2D eigenvalue weighted by Gasteiger charge is 2.45. The van der Waals surface area contributed by atoms with Crippen molar-refractivity contribution >= 4 is 5.69 Å². The quantitative estimate of drug-likeness (QED) is 0.917. The normalized spacial score (nSPS) is 30.4. The Morgan fingerprint density at radius 1 is 1.35 bits per heavy atom. The van der Waals surface area contributed by atoms with Crippen molar-refractivity contribution in [3.8, 4) is 5.75 Å². The molecule has 1 aromatic carbocycles. The first-order valence-corrected chi connectivity index (χ1v) is 7.70. The van der Waals surface area contributed by atoms with E-state index in [1.807, 2.05) is 0 Å². The Morgan fingerprint density at radius 2 is 2.10 bits per heavy atom. The molecule has 0 spiro atoms. The van der Waals surface area contributed by atoms with Crippen LogP contribution in [0.5, 0.6) is 5.75 Å². The van der Waals surface area contributed by atoms with E-state index < -0.39 is 0 Å². The van der Waals surface area contributed by atoms with E-state index in [0.717, 1.165) is 24.8 Å². The number of rotatable bonds is 3. The molecular formula is C17H26N2O. The van der Waals surface area contributed by atoms with Gasteiger partial charge in [0, 0.05) is 24.7 Å². The van der Waals surface area contributed by atoms with Crippen LogP contribution in [0.15, 0.2) is 18.2 Å². The van der Waals surface area contributed by atoms with Gasteiger partial charge in [-0.2, -0.15) is 0 Å². The first-order chi connectivity index (χ1) is 9.53. The minimum Gasteiger partial charge on any atom is -0.495 e. The Kier molecular flexibility index (Phi) is 3.41. The zero-order valence-corrected chi connectivity index (χ0v) is 13.1. The topological polar surface area (TPSA) is 24.5 Å². The van der Waals surface area contributed by atoms with E-state index in [2.05, 4.69) is 49.2 Å². The van der Waals surface area contributed by atoms with Gasteiger partial charge in [-0.15, -0.1) is 0 Å². The van der Waals surface area contributed by atoms with Gasteiger partial charge < -0.3 is 15.0 Å². The van der Waals surface area contributed by atoms with Crippen LogP contribution in [0.25, 0.3) is 0 Å². The first-order valence-electron chi connectivity index (χ1n) is 7.70. The number of aryl methyl sites for hydroxylation is 1. The average molecular weight is 274 g/mol. The van der Waals surface area contributed by atoms with Crippen molar-refractivity contribution in [1.82, 2.24) is 5.32 Å². The molecule has 1 N–H and O–H groups in total. The van der Waals surface area contributed by atoms with Gasteiger partial charge in [-0.1, -0.05) is 6.07 Å². The maximum atomic E-state index is 5.58. The molecule has 0 bridgehead atoms. The minimum absolute atomic E-state index is 0.251. The molecule has 1 aliphatic carbocycles. The number of benzene rings is 1. The molecule has 110 valence electrons. The molecule has 2 aliphatic rings. The van der Waals surface area contributed by atoms with Crippen molar-refractivity contribution < 1.29 is 4.74 Å². The standard InChI is InChI=1S/C17H26N2O/c1-12-5-8-16(20-4)15(9-12)19-11-17(3,14-6-7-14)18-10-13(19)2/h5,8-9,13-14,18H,6-7,10-11H2,1-4H3. The molecule has 0 amide bonds. The molecule has 0 radical (unpaired) electrons. The zero-order chi connectivity index (χ0) is 14.3. The highest BCUT2D eigenvalue weighted by molar-refractivity contribution is 5.61. The van der Waals surface area contributed by atoms with Crippen LogP contribution in [0.4, 0.5) is 5.69 Å². The van der Waals surface area contributed by atoms with Crippen LogP contribution >= 0.6 is 0 Å². The summed E-state index contributed by atoms with van der Waals surface area (Å²) in [5.41, 5.74) is 2.79. The summed E-state index contributed by atoms with van der Waals surface area (Å²) in [7, 11) is 1.76. The van der Waals surface area contributed by atoms with Crippen molar-refractivity contribution in [3.63, 3.8) is 0 Å². The summed E-state index contributed by atoms with van der Waals surface area (Å²) in [6.45, 7) is 8.94. The fraction of sp³-hybridized carbons (Fsp3) is 0.647. The minimum atomic E-state index is 0.251. The van der Waals surface area contributed by atoms with E-state index >= 15 is 0 Å². The van der Waals surface area contributed by atoms with Crippen LogP contribution in [0, 0.1) is 12.8 Å². The van der Waals surface area contributed by atoms with Crippen molar-refractivity contribution in [2.75, 3.05) is 25.1 Å². The number of ether oxygens (including phenoxy) is 1. The third kappa shape index (κ3) is 2.39. The Labute approximate surface area is 122 Å².